The number of amides is 1. The SMILES string of the molecule is Cc1cc(C)nc(Nc2ccc(C(=O)NCCSc3n[nH]c(-c4ccccc4)n3)cc2)n1. The molecule has 32 heavy (non-hydrogen) atoms. The van der Waals surface area contributed by atoms with Crippen molar-refractivity contribution in [3.05, 3.63) is 77.6 Å². The number of aromatic nitrogens is 5. The van der Waals surface area contributed by atoms with Crippen molar-refractivity contribution in [3.8, 4) is 11.4 Å². The maximum Gasteiger partial charge on any atom is 0.251 e. The highest BCUT2D eigenvalue weighted by Gasteiger charge is 2.08. The Morgan fingerprint density at radius 1 is 0.969 bits per heavy atom. The summed E-state index contributed by atoms with van der Waals surface area (Å²) in [5.74, 6) is 1.82. The molecule has 8 nitrogen and oxygen atoms in total. The second-order valence-electron chi connectivity index (χ2n) is 7.11. The van der Waals surface area contributed by atoms with Gasteiger partial charge in [-0.05, 0) is 44.2 Å². The first-order chi connectivity index (χ1) is 15.6. The van der Waals surface area contributed by atoms with Crippen molar-refractivity contribution in [1.29, 1.82) is 0 Å². The molecule has 1 amide bonds. The summed E-state index contributed by atoms with van der Waals surface area (Å²) in [5, 5.41) is 13.9. The molecule has 162 valence electrons. The molecule has 3 N–H and O–H groups in total. The molecule has 9 heteroatoms. The summed E-state index contributed by atoms with van der Waals surface area (Å²) in [6.45, 7) is 4.36. The molecule has 0 atom stereocenters. The summed E-state index contributed by atoms with van der Waals surface area (Å²) in [5.41, 5.74) is 4.19. The fourth-order valence-electron chi connectivity index (χ4n) is 3.06. The van der Waals surface area contributed by atoms with Gasteiger partial charge < -0.3 is 10.6 Å². The maximum absolute atomic E-state index is 12.4. The van der Waals surface area contributed by atoms with Crippen molar-refractivity contribution in [1.82, 2.24) is 30.5 Å². The Morgan fingerprint density at radius 3 is 2.41 bits per heavy atom. The van der Waals surface area contributed by atoms with Crippen LogP contribution in [0.25, 0.3) is 11.4 Å². The molecule has 0 aliphatic carbocycles. The van der Waals surface area contributed by atoms with Gasteiger partial charge in [0.05, 0.1) is 0 Å². The van der Waals surface area contributed by atoms with E-state index in [2.05, 4.69) is 35.8 Å². The van der Waals surface area contributed by atoms with Gasteiger partial charge in [-0.15, -0.1) is 5.10 Å². The fraction of sp³-hybridized carbons (Fsp3) is 0.174. The zero-order chi connectivity index (χ0) is 22.3. The Morgan fingerprint density at radius 2 is 1.69 bits per heavy atom. The molecule has 0 fully saturated rings. The van der Waals surface area contributed by atoms with Crippen molar-refractivity contribution in [2.24, 2.45) is 0 Å². The Balaban J connectivity index is 1.24. The number of benzene rings is 2. The normalized spacial score (nSPS) is 10.7. The quantitative estimate of drug-likeness (QED) is 0.276. The highest BCUT2D eigenvalue weighted by atomic mass is 32.2. The van der Waals surface area contributed by atoms with Crippen LogP contribution in [0.4, 0.5) is 11.6 Å². The summed E-state index contributed by atoms with van der Waals surface area (Å²) >= 11 is 1.49. The van der Waals surface area contributed by atoms with E-state index in [9.17, 15) is 4.79 Å². The van der Waals surface area contributed by atoms with E-state index in [1.807, 2.05) is 62.4 Å². The van der Waals surface area contributed by atoms with Gasteiger partial charge in [-0.25, -0.2) is 15.0 Å². The second-order valence-corrected chi connectivity index (χ2v) is 8.18. The first-order valence-corrected chi connectivity index (χ1v) is 11.1. The molecule has 2 aromatic heterocycles. The molecule has 0 aliphatic heterocycles. The molecular weight excluding hydrogens is 422 g/mol. The van der Waals surface area contributed by atoms with Gasteiger partial charge in [0.25, 0.3) is 5.91 Å². The molecular formula is C23H23N7OS. The lowest BCUT2D eigenvalue weighted by atomic mass is 10.2. The van der Waals surface area contributed by atoms with Gasteiger partial charge in [-0.1, -0.05) is 42.1 Å². The van der Waals surface area contributed by atoms with Gasteiger partial charge >= 0.3 is 0 Å². The highest BCUT2D eigenvalue weighted by Crippen LogP contribution is 2.18. The van der Waals surface area contributed by atoms with Gasteiger partial charge in [0.15, 0.2) is 5.82 Å². The number of rotatable bonds is 8. The summed E-state index contributed by atoms with van der Waals surface area (Å²) in [6.07, 6.45) is 0. The van der Waals surface area contributed by atoms with E-state index in [1.54, 1.807) is 12.1 Å². The Hall–Kier alpha value is -3.72. The summed E-state index contributed by atoms with van der Waals surface area (Å²) in [6, 6.07) is 19.0. The van der Waals surface area contributed by atoms with Gasteiger partial charge in [-0.2, -0.15) is 0 Å². The van der Waals surface area contributed by atoms with Gasteiger partial charge in [-0.3, -0.25) is 9.89 Å². The molecule has 0 radical (unpaired) electrons. The number of carbonyl (C=O) groups excluding carboxylic acids is 1. The number of aryl methyl sites for hydroxylation is 2. The molecule has 0 unspecified atom stereocenters. The Bertz CT molecular complexity index is 1170. The van der Waals surface area contributed by atoms with Crippen molar-refractivity contribution < 1.29 is 4.79 Å². The number of nitrogens with zero attached hydrogens (tertiary/aromatic N) is 4. The summed E-state index contributed by atoms with van der Waals surface area (Å²) < 4.78 is 0. The molecule has 4 aromatic rings. The molecule has 4 rings (SSSR count). The van der Waals surface area contributed by atoms with Crippen molar-refractivity contribution in [2.75, 3.05) is 17.6 Å². The summed E-state index contributed by atoms with van der Waals surface area (Å²) in [7, 11) is 0. The van der Waals surface area contributed by atoms with E-state index >= 15 is 0 Å². The molecule has 0 saturated heterocycles. The van der Waals surface area contributed by atoms with Gasteiger partial charge in [0, 0.05) is 40.5 Å². The third-order valence-electron chi connectivity index (χ3n) is 4.52. The largest absolute Gasteiger partial charge is 0.351 e. The average molecular weight is 446 g/mol. The third kappa shape index (κ3) is 5.70. The zero-order valence-corrected chi connectivity index (χ0v) is 18.6. The molecule has 0 bridgehead atoms. The summed E-state index contributed by atoms with van der Waals surface area (Å²) in [4.78, 5) is 25.6. The number of aromatic amines is 1. The lowest BCUT2D eigenvalue weighted by molar-refractivity contribution is 0.0956. The minimum atomic E-state index is -0.125. The van der Waals surface area contributed by atoms with Crippen LogP contribution < -0.4 is 10.6 Å². The van der Waals surface area contributed by atoms with E-state index in [-0.39, 0.29) is 5.91 Å². The smallest absolute Gasteiger partial charge is 0.251 e. The number of H-pyrrole nitrogens is 1. The first-order valence-electron chi connectivity index (χ1n) is 10.1. The molecule has 0 saturated carbocycles. The molecule has 2 aromatic carbocycles. The van der Waals surface area contributed by atoms with Crippen LogP contribution in [0, 0.1) is 13.8 Å². The predicted molar refractivity (Wildman–Crippen MR) is 126 cm³/mol. The average Bonchev–Trinajstić information content (AvgIpc) is 3.26. The van der Waals surface area contributed by atoms with Crippen molar-refractivity contribution in [3.63, 3.8) is 0 Å². The standard InChI is InChI=1S/C23H23N7OS/c1-15-14-16(2)26-22(25-15)27-19-10-8-18(9-11-19)21(31)24-12-13-32-23-28-20(29-30-23)17-6-4-3-5-7-17/h3-11,14H,12-13H2,1-2H3,(H,24,31)(H,25,26,27)(H,28,29,30). The van der Waals surface area contributed by atoms with Crippen LogP contribution >= 0.6 is 11.8 Å². The zero-order valence-electron chi connectivity index (χ0n) is 17.8. The molecule has 0 aliphatic rings. The van der Waals surface area contributed by atoms with Crippen LogP contribution in [0.1, 0.15) is 21.7 Å². The molecule has 0 spiro atoms. The molecule has 2 heterocycles. The van der Waals surface area contributed by atoms with Crippen LogP contribution in [-0.4, -0.2) is 43.4 Å². The maximum atomic E-state index is 12.4. The Kier molecular flexibility index (Phi) is 6.76. The number of carbonyl (C=O) groups is 1. The van der Waals surface area contributed by atoms with Crippen LogP contribution in [-0.2, 0) is 0 Å². The highest BCUT2D eigenvalue weighted by molar-refractivity contribution is 7.99. The third-order valence-corrected chi connectivity index (χ3v) is 5.37. The van der Waals surface area contributed by atoms with Gasteiger partial charge in [0.1, 0.15) is 0 Å². The fourth-order valence-corrected chi connectivity index (χ4v) is 3.71. The van der Waals surface area contributed by atoms with E-state index in [0.29, 0.717) is 29.0 Å². The van der Waals surface area contributed by atoms with E-state index in [1.165, 1.54) is 11.8 Å². The van der Waals surface area contributed by atoms with Gasteiger partial charge in [0.2, 0.25) is 11.1 Å². The number of nitrogens with one attached hydrogen (secondary N) is 3. The number of thioether (sulfide) groups is 1. The number of anilines is 2. The lowest BCUT2D eigenvalue weighted by Crippen LogP contribution is -2.25. The number of hydrogen-bond donors (Lipinski definition) is 3. The van der Waals surface area contributed by atoms with Crippen LogP contribution in [0.3, 0.4) is 0 Å². The van der Waals surface area contributed by atoms with E-state index < -0.39 is 0 Å². The van der Waals surface area contributed by atoms with Crippen molar-refractivity contribution >= 4 is 29.3 Å². The lowest BCUT2D eigenvalue weighted by Gasteiger charge is -2.08. The van der Waals surface area contributed by atoms with Crippen molar-refractivity contribution in [2.45, 2.75) is 19.0 Å². The topological polar surface area (TPSA) is 108 Å². The van der Waals surface area contributed by atoms with Crippen LogP contribution in [0.5, 0.6) is 0 Å². The van der Waals surface area contributed by atoms with E-state index in [4.69, 9.17) is 0 Å². The van der Waals surface area contributed by atoms with Crippen LogP contribution in [0.15, 0.2) is 65.8 Å². The van der Waals surface area contributed by atoms with E-state index in [0.717, 1.165) is 28.5 Å². The van der Waals surface area contributed by atoms with Crippen LogP contribution in [0.2, 0.25) is 0 Å². The monoisotopic (exact) mass is 445 g/mol. The minimum Gasteiger partial charge on any atom is -0.351 e. The predicted octanol–water partition coefficient (Wildman–Crippen LogP) is 4.14. The first kappa shape index (κ1) is 21.5. The second kappa shape index (κ2) is 10.1. The number of hydrogen-bond acceptors (Lipinski definition) is 7. The Labute approximate surface area is 190 Å². The minimum absolute atomic E-state index is 0.125.